The van der Waals surface area contributed by atoms with Crippen molar-refractivity contribution in [2.45, 2.75) is 26.7 Å². The van der Waals surface area contributed by atoms with Crippen LogP contribution >= 0.6 is 0 Å². The van der Waals surface area contributed by atoms with Crippen molar-refractivity contribution in [1.82, 2.24) is 0 Å². The van der Waals surface area contributed by atoms with E-state index in [4.69, 9.17) is 4.74 Å². The van der Waals surface area contributed by atoms with E-state index in [0.29, 0.717) is 17.7 Å². The van der Waals surface area contributed by atoms with Gasteiger partial charge in [-0.25, -0.2) is 0 Å². The van der Waals surface area contributed by atoms with E-state index in [1.165, 1.54) is 12.1 Å². The van der Waals surface area contributed by atoms with Crippen LogP contribution in [0.4, 0.5) is 0 Å². The summed E-state index contributed by atoms with van der Waals surface area (Å²) < 4.78 is 5.44. The molecule has 2 aromatic carbocycles. The van der Waals surface area contributed by atoms with Gasteiger partial charge in [-0.3, -0.25) is 4.79 Å². The summed E-state index contributed by atoms with van der Waals surface area (Å²) >= 11 is 0. The molecule has 0 aliphatic heterocycles. The molecule has 0 amide bonds. The Labute approximate surface area is 130 Å². The molecule has 0 radical (unpaired) electrons. The number of hydrogen-bond acceptors (Lipinski definition) is 4. The van der Waals surface area contributed by atoms with E-state index in [1.54, 1.807) is 12.1 Å². The monoisotopic (exact) mass is 300 g/mol. The fourth-order valence-electron chi connectivity index (χ4n) is 2.18. The molecule has 0 aliphatic rings. The fourth-order valence-corrected chi connectivity index (χ4v) is 2.18. The van der Waals surface area contributed by atoms with Crippen molar-refractivity contribution in [3.8, 4) is 17.2 Å². The molecule has 0 bridgehead atoms. The van der Waals surface area contributed by atoms with Crippen LogP contribution in [0.3, 0.4) is 0 Å². The maximum Gasteiger partial charge on any atom is 0.203 e. The second-order valence-electron chi connectivity index (χ2n) is 5.27. The Bertz CT molecular complexity index is 660. The quantitative estimate of drug-likeness (QED) is 0.800. The predicted octanol–water partition coefficient (Wildman–Crippen LogP) is 3.62. The Morgan fingerprint density at radius 2 is 1.77 bits per heavy atom. The Kier molecular flexibility index (Phi) is 5.04. The lowest BCUT2D eigenvalue weighted by molar-refractivity contribution is 0.0918. The molecule has 116 valence electrons. The van der Waals surface area contributed by atoms with E-state index >= 15 is 0 Å². The Morgan fingerprint density at radius 1 is 1.09 bits per heavy atom. The first kappa shape index (κ1) is 15.9. The second-order valence-corrected chi connectivity index (χ2v) is 5.27. The Hall–Kier alpha value is -2.49. The minimum atomic E-state index is -0.324. The van der Waals surface area contributed by atoms with E-state index in [1.807, 2.05) is 26.0 Å². The lowest BCUT2D eigenvalue weighted by Gasteiger charge is -2.10. The van der Waals surface area contributed by atoms with Crippen LogP contribution < -0.4 is 4.74 Å². The highest BCUT2D eigenvalue weighted by molar-refractivity contribution is 6.00. The second kappa shape index (κ2) is 6.98. The lowest BCUT2D eigenvalue weighted by Crippen LogP contribution is -2.12. The number of phenols is 2. The first-order chi connectivity index (χ1) is 10.5. The van der Waals surface area contributed by atoms with Crippen molar-refractivity contribution >= 4 is 5.78 Å². The molecular weight excluding hydrogens is 280 g/mol. The first-order valence-electron chi connectivity index (χ1n) is 7.28. The van der Waals surface area contributed by atoms with Gasteiger partial charge in [-0.2, -0.15) is 0 Å². The van der Waals surface area contributed by atoms with Gasteiger partial charge >= 0.3 is 0 Å². The van der Waals surface area contributed by atoms with E-state index in [0.717, 1.165) is 12.0 Å². The van der Waals surface area contributed by atoms with Crippen LogP contribution in [0.5, 0.6) is 17.2 Å². The van der Waals surface area contributed by atoms with E-state index in [-0.39, 0.29) is 29.5 Å². The average molecular weight is 300 g/mol. The van der Waals surface area contributed by atoms with E-state index in [2.05, 4.69) is 0 Å². The van der Waals surface area contributed by atoms with Crippen LogP contribution in [0.1, 0.15) is 34.8 Å². The van der Waals surface area contributed by atoms with Crippen LogP contribution in [-0.4, -0.2) is 22.6 Å². The molecule has 0 atom stereocenters. The van der Waals surface area contributed by atoms with Crippen LogP contribution in [0.15, 0.2) is 36.4 Å². The highest BCUT2D eigenvalue weighted by Gasteiger charge is 2.15. The van der Waals surface area contributed by atoms with Gasteiger partial charge in [-0.1, -0.05) is 31.0 Å². The van der Waals surface area contributed by atoms with Gasteiger partial charge in [0.05, 0.1) is 5.56 Å². The average Bonchev–Trinajstić information content (AvgIpc) is 2.49. The zero-order chi connectivity index (χ0) is 16.1. The van der Waals surface area contributed by atoms with Gasteiger partial charge in [0.15, 0.2) is 6.61 Å². The topological polar surface area (TPSA) is 66.8 Å². The Morgan fingerprint density at radius 3 is 2.41 bits per heavy atom. The summed E-state index contributed by atoms with van der Waals surface area (Å²) in [5.74, 6) is 0.0617. The molecule has 0 fully saturated rings. The third-order valence-electron chi connectivity index (χ3n) is 3.41. The third kappa shape index (κ3) is 3.79. The van der Waals surface area contributed by atoms with Gasteiger partial charge in [-0.15, -0.1) is 0 Å². The molecule has 4 heteroatoms. The SMILES string of the molecule is CCCc1cc(C(=O)COc2ccc(C)cc2)c(O)cc1O. The number of hydrogen-bond donors (Lipinski definition) is 2. The van der Waals surface area contributed by atoms with Crippen molar-refractivity contribution in [1.29, 1.82) is 0 Å². The minimum absolute atomic E-state index is 0.00959. The number of phenolic OH excluding ortho intramolecular Hbond substituents is 2. The molecule has 0 aliphatic carbocycles. The van der Waals surface area contributed by atoms with Crippen LogP contribution in [0, 0.1) is 6.92 Å². The summed E-state index contributed by atoms with van der Waals surface area (Å²) in [5, 5.41) is 19.6. The molecular formula is C18H20O4. The van der Waals surface area contributed by atoms with Crippen molar-refractivity contribution in [2.24, 2.45) is 0 Å². The predicted molar refractivity (Wildman–Crippen MR) is 84.8 cm³/mol. The molecule has 0 spiro atoms. The number of ether oxygens (including phenoxy) is 1. The van der Waals surface area contributed by atoms with Crippen molar-refractivity contribution in [3.05, 3.63) is 53.1 Å². The van der Waals surface area contributed by atoms with Crippen LogP contribution in [0.2, 0.25) is 0 Å². The summed E-state index contributed by atoms with van der Waals surface area (Å²) in [4.78, 5) is 12.2. The Balaban J connectivity index is 2.11. The molecule has 4 nitrogen and oxygen atoms in total. The number of aromatic hydroxyl groups is 2. The molecule has 0 saturated carbocycles. The molecule has 0 aromatic heterocycles. The standard InChI is InChI=1S/C18H20O4/c1-3-4-13-9-15(17(20)10-16(13)19)18(21)11-22-14-7-5-12(2)6-8-14/h5-10,19-20H,3-4,11H2,1-2H3. The highest BCUT2D eigenvalue weighted by Crippen LogP contribution is 2.28. The summed E-state index contributed by atoms with van der Waals surface area (Å²) in [6.07, 6.45) is 1.48. The summed E-state index contributed by atoms with van der Waals surface area (Å²) in [6.45, 7) is 3.79. The molecule has 2 aromatic rings. The number of ketones is 1. The zero-order valence-electron chi connectivity index (χ0n) is 12.8. The third-order valence-corrected chi connectivity index (χ3v) is 3.41. The molecule has 0 unspecified atom stereocenters. The summed E-state index contributed by atoms with van der Waals surface area (Å²) in [7, 11) is 0. The molecule has 22 heavy (non-hydrogen) atoms. The normalized spacial score (nSPS) is 10.5. The maximum absolute atomic E-state index is 12.2. The van der Waals surface area contributed by atoms with Crippen molar-refractivity contribution in [2.75, 3.05) is 6.61 Å². The first-order valence-corrected chi connectivity index (χ1v) is 7.28. The van der Waals surface area contributed by atoms with Crippen molar-refractivity contribution < 1.29 is 19.7 Å². The van der Waals surface area contributed by atoms with Gasteiger partial charge < -0.3 is 14.9 Å². The summed E-state index contributed by atoms with van der Waals surface area (Å²) in [5.41, 5.74) is 1.94. The van der Waals surface area contributed by atoms with E-state index < -0.39 is 0 Å². The molecule has 0 saturated heterocycles. The lowest BCUT2D eigenvalue weighted by atomic mass is 10.0. The highest BCUT2D eigenvalue weighted by atomic mass is 16.5. The van der Waals surface area contributed by atoms with Crippen LogP contribution in [0.25, 0.3) is 0 Å². The molecule has 2 rings (SSSR count). The number of carbonyl (C=O) groups is 1. The van der Waals surface area contributed by atoms with Gasteiger partial charge in [0.25, 0.3) is 0 Å². The number of Topliss-reactive ketones (excluding diaryl/α,β-unsaturated/α-hetero) is 1. The number of rotatable bonds is 6. The van der Waals surface area contributed by atoms with Gasteiger partial charge in [-0.05, 0) is 37.1 Å². The minimum Gasteiger partial charge on any atom is -0.508 e. The maximum atomic E-state index is 12.2. The molecule has 0 heterocycles. The number of benzene rings is 2. The van der Waals surface area contributed by atoms with Gasteiger partial charge in [0, 0.05) is 6.07 Å². The van der Waals surface area contributed by atoms with Gasteiger partial charge in [0.1, 0.15) is 17.2 Å². The molecule has 2 N–H and O–H groups in total. The fraction of sp³-hybridized carbons (Fsp3) is 0.278. The van der Waals surface area contributed by atoms with E-state index in [9.17, 15) is 15.0 Å². The zero-order valence-corrected chi connectivity index (χ0v) is 12.8. The summed E-state index contributed by atoms with van der Waals surface area (Å²) in [6, 6.07) is 10.1. The van der Waals surface area contributed by atoms with Crippen LogP contribution in [-0.2, 0) is 6.42 Å². The van der Waals surface area contributed by atoms with Crippen molar-refractivity contribution in [3.63, 3.8) is 0 Å². The smallest absolute Gasteiger partial charge is 0.203 e. The number of carbonyl (C=O) groups excluding carboxylic acids is 1. The number of aryl methyl sites for hydroxylation is 2. The van der Waals surface area contributed by atoms with Gasteiger partial charge in [0.2, 0.25) is 5.78 Å². The largest absolute Gasteiger partial charge is 0.508 e.